The van der Waals surface area contributed by atoms with Crippen LogP contribution in [0.1, 0.15) is 22.3 Å². The third-order valence-corrected chi connectivity index (χ3v) is 7.91. The molecule has 162 valence electrons. The van der Waals surface area contributed by atoms with Gasteiger partial charge in [0.05, 0.1) is 22.1 Å². The molecule has 2 aliphatic carbocycles. The number of pyridine rings is 3. The average molecular weight is 447 g/mol. The number of hydrogen-bond acceptors (Lipinski definition) is 3. The Labute approximate surface area is 200 Å². The van der Waals surface area contributed by atoms with Crippen molar-refractivity contribution in [2.24, 2.45) is 0 Å². The zero-order valence-corrected chi connectivity index (χ0v) is 18.8. The zero-order valence-electron chi connectivity index (χ0n) is 18.8. The van der Waals surface area contributed by atoms with Crippen LogP contribution in [0.25, 0.3) is 60.7 Å². The molecule has 9 rings (SSSR count). The minimum Gasteiger partial charge on any atom is -0.291 e. The van der Waals surface area contributed by atoms with E-state index in [1.54, 1.807) is 0 Å². The molecule has 0 radical (unpaired) electrons. The lowest BCUT2D eigenvalue weighted by atomic mass is 9.98. The van der Waals surface area contributed by atoms with Crippen molar-refractivity contribution in [1.29, 1.82) is 0 Å². The molecule has 0 saturated carbocycles. The van der Waals surface area contributed by atoms with E-state index in [1.807, 2.05) is 24.7 Å². The number of rotatable bonds is 0. The van der Waals surface area contributed by atoms with Gasteiger partial charge < -0.3 is 0 Å². The first-order chi connectivity index (χ1) is 17.3. The van der Waals surface area contributed by atoms with Crippen molar-refractivity contribution in [3.8, 4) is 22.3 Å². The summed E-state index contributed by atoms with van der Waals surface area (Å²) in [5, 5.41) is 2.10. The van der Waals surface area contributed by atoms with Gasteiger partial charge in [-0.15, -0.1) is 0 Å². The summed E-state index contributed by atoms with van der Waals surface area (Å²) in [6.07, 6.45) is 7.61. The van der Waals surface area contributed by atoms with Gasteiger partial charge in [-0.25, -0.2) is 4.98 Å². The van der Waals surface area contributed by atoms with Crippen molar-refractivity contribution in [2.45, 2.75) is 12.8 Å². The van der Waals surface area contributed by atoms with Crippen molar-refractivity contribution in [3.05, 3.63) is 108 Å². The van der Waals surface area contributed by atoms with Crippen LogP contribution in [0.4, 0.5) is 0 Å². The average Bonchev–Trinajstić information content (AvgIpc) is 3.56. The van der Waals surface area contributed by atoms with Crippen LogP contribution in [-0.4, -0.2) is 19.4 Å². The topological polar surface area (TPSA) is 43.1 Å². The summed E-state index contributed by atoms with van der Waals surface area (Å²) < 4.78 is 2.29. The molecule has 0 unspecified atom stereocenters. The van der Waals surface area contributed by atoms with Gasteiger partial charge in [0.1, 0.15) is 5.65 Å². The van der Waals surface area contributed by atoms with Gasteiger partial charge in [-0.2, -0.15) is 0 Å². The van der Waals surface area contributed by atoms with Crippen LogP contribution in [0.3, 0.4) is 0 Å². The van der Waals surface area contributed by atoms with Crippen molar-refractivity contribution in [2.75, 3.05) is 0 Å². The quantitative estimate of drug-likeness (QED) is 0.243. The number of benzene rings is 3. The van der Waals surface area contributed by atoms with Crippen molar-refractivity contribution in [3.63, 3.8) is 0 Å². The minimum atomic E-state index is 0.950. The molecule has 4 heteroatoms. The third kappa shape index (κ3) is 2.20. The Morgan fingerprint density at radius 3 is 2.43 bits per heavy atom. The zero-order chi connectivity index (χ0) is 22.7. The van der Waals surface area contributed by atoms with E-state index in [0.717, 1.165) is 51.3 Å². The highest BCUT2D eigenvalue weighted by atomic mass is 15.0. The molecule has 2 aliphatic rings. The van der Waals surface area contributed by atoms with Gasteiger partial charge in [-0.05, 0) is 93.7 Å². The molecule has 0 N–H and O–H groups in total. The summed E-state index contributed by atoms with van der Waals surface area (Å²) in [5.41, 5.74) is 16.3. The predicted octanol–water partition coefficient (Wildman–Crippen LogP) is 6.73. The molecule has 3 aromatic carbocycles. The lowest BCUT2D eigenvalue weighted by molar-refractivity contribution is 1.21. The smallest absolute Gasteiger partial charge is 0.147 e. The van der Waals surface area contributed by atoms with E-state index in [2.05, 4.69) is 75.0 Å². The number of fused-ring (bicyclic) bond motifs is 14. The maximum atomic E-state index is 5.13. The second-order valence-corrected chi connectivity index (χ2v) is 9.74. The molecule has 0 atom stereocenters. The molecule has 35 heavy (non-hydrogen) atoms. The Kier molecular flexibility index (Phi) is 3.11. The third-order valence-electron chi connectivity index (χ3n) is 7.91. The molecule has 0 amide bonds. The van der Waals surface area contributed by atoms with Crippen molar-refractivity contribution < 1.29 is 0 Å². The second-order valence-electron chi connectivity index (χ2n) is 9.74. The van der Waals surface area contributed by atoms with Crippen molar-refractivity contribution in [1.82, 2.24) is 19.4 Å². The van der Waals surface area contributed by atoms with Gasteiger partial charge in [0.2, 0.25) is 0 Å². The van der Waals surface area contributed by atoms with Crippen LogP contribution in [0.2, 0.25) is 0 Å². The monoisotopic (exact) mass is 446 g/mol. The van der Waals surface area contributed by atoms with E-state index in [1.165, 1.54) is 44.5 Å². The van der Waals surface area contributed by atoms with Gasteiger partial charge in [-0.3, -0.25) is 14.4 Å². The fourth-order valence-corrected chi connectivity index (χ4v) is 6.39. The first-order valence-corrected chi connectivity index (χ1v) is 12.0. The van der Waals surface area contributed by atoms with Crippen LogP contribution in [0.5, 0.6) is 0 Å². The fourth-order valence-electron chi connectivity index (χ4n) is 6.39. The van der Waals surface area contributed by atoms with Crippen molar-refractivity contribution >= 4 is 38.5 Å². The van der Waals surface area contributed by atoms with E-state index in [4.69, 9.17) is 4.98 Å². The number of nitrogens with zero attached hydrogens (tertiary/aromatic N) is 4. The van der Waals surface area contributed by atoms with Crippen LogP contribution < -0.4 is 0 Å². The molecule has 7 aromatic rings. The van der Waals surface area contributed by atoms with Crippen LogP contribution >= 0.6 is 0 Å². The highest BCUT2D eigenvalue weighted by Gasteiger charge is 2.26. The lowest BCUT2D eigenvalue weighted by Crippen LogP contribution is -1.93. The minimum absolute atomic E-state index is 0.950. The van der Waals surface area contributed by atoms with Gasteiger partial charge in [0.15, 0.2) is 0 Å². The van der Waals surface area contributed by atoms with Crippen LogP contribution in [-0.2, 0) is 12.8 Å². The molecule has 0 fully saturated rings. The predicted molar refractivity (Wildman–Crippen MR) is 140 cm³/mol. The largest absolute Gasteiger partial charge is 0.291 e. The first-order valence-electron chi connectivity index (χ1n) is 12.0. The molecular formula is C31H18N4. The first kappa shape index (κ1) is 17.8. The Bertz CT molecular complexity index is 2070. The van der Waals surface area contributed by atoms with Gasteiger partial charge in [0, 0.05) is 29.4 Å². The maximum absolute atomic E-state index is 5.13. The van der Waals surface area contributed by atoms with Gasteiger partial charge >= 0.3 is 0 Å². The summed E-state index contributed by atoms with van der Waals surface area (Å²) in [6, 6.07) is 24.5. The molecule has 0 saturated heterocycles. The van der Waals surface area contributed by atoms with E-state index in [-0.39, 0.29) is 0 Å². The fraction of sp³-hybridized carbons (Fsp3) is 0.0645. The number of aromatic nitrogens is 4. The molecule has 4 aromatic heterocycles. The molecule has 0 bridgehead atoms. The Hall–Kier alpha value is -4.57. The second kappa shape index (κ2) is 6.10. The Morgan fingerprint density at radius 1 is 0.629 bits per heavy atom. The Morgan fingerprint density at radius 2 is 1.46 bits per heavy atom. The van der Waals surface area contributed by atoms with E-state index in [9.17, 15) is 0 Å². The molecule has 0 aliphatic heterocycles. The normalized spacial score (nSPS) is 13.5. The Balaban J connectivity index is 1.37. The van der Waals surface area contributed by atoms with E-state index < -0.39 is 0 Å². The lowest BCUT2D eigenvalue weighted by Gasteiger charge is -2.09. The summed E-state index contributed by atoms with van der Waals surface area (Å²) in [5.74, 6) is 0. The SMILES string of the molecule is c1ccc2c(c1)Cc1cc3c(cc1-2)-c1cc2c(cc1C3)nc1c3cccnc3c3cnccc3n21. The van der Waals surface area contributed by atoms with Crippen LogP contribution in [0.15, 0.2) is 85.3 Å². The summed E-state index contributed by atoms with van der Waals surface area (Å²) in [4.78, 5) is 14.2. The summed E-state index contributed by atoms with van der Waals surface area (Å²) in [7, 11) is 0. The summed E-state index contributed by atoms with van der Waals surface area (Å²) >= 11 is 0. The van der Waals surface area contributed by atoms with E-state index >= 15 is 0 Å². The standard InChI is InChI=1S/C31H18N4/c1-2-5-21-17(4-1)10-18-11-19-12-20-13-27-29(15-25(20)24(19)14-23(18)21)35-28-7-9-32-16-26(28)30-22(31(35)34-27)6-3-8-33-30/h1-9,11,13-16H,10,12H2. The maximum Gasteiger partial charge on any atom is 0.147 e. The molecular weight excluding hydrogens is 428 g/mol. The van der Waals surface area contributed by atoms with E-state index in [0.29, 0.717) is 0 Å². The van der Waals surface area contributed by atoms with Gasteiger partial charge in [0.25, 0.3) is 0 Å². The molecule has 0 spiro atoms. The molecule has 4 heterocycles. The highest BCUT2D eigenvalue weighted by Crippen LogP contribution is 2.46. The molecule has 4 nitrogen and oxygen atoms in total. The number of imidazole rings is 1. The van der Waals surface area contributed by atoms with Gasteiger partial charge in [-0.1, -0.05) is 30.3 Å². The van der Waals surface area contributed by atoms with Crippen LogP contribution in [0, 0.1) is 0 Å². The summed E-state index contributed by atoms with van der Waals surface area (Å²) in [6.45, 7) is 0. The highest BCUT2D eigenvalue weighted by molar-refractivity contribution is 6.12. The number of hydrogen-bond donors (Lipinski definition) is 0.